The lowest BCUT2D eigenvalue weighted by atomic mass is 10.1. The maximum atomic E-state index is 5.66. The summed E-state index contributed by atoms with van der Waals surface area (Å²) < 4.78 is 5.66. The van der Waals surface area contributed by atoms with E-state index in [1.54, 1.807) is 0 Å². The summed E-state index contributed by atoms with van der Waals surface area (Å²) in [7, 11) is 0. The van der Waals surface area contributed by atoms with Crippen LogP contribution in [0.25, 0.3) is 11.1 Å². The molecule has 1 saturated carbocycles. The second kappa shape index (κ2) is 3.81. The highest BCUT2D eigenvalue weighted by molar-refractivity contribution is 5.74. The zero-order chi connectivity index (χ0) is 11.0. The minimum Gasteiger partial charge on any atom is -0.424 e. The molecule has 84 valence electrons. The second-order valence-electron chi connectivity index (χ2n) is 4.65. The van der Waals surface area contributed by atoms with Crippen molar-refractivity contribution in [3.8, 4) is 0 Å². The SMILES string of the molecule is CC1CCCC1Nc1nc2ccccc2o1. The Morgan fingerprint density at radius 3 is 2.94 bits per heavy atom. The van der Waals surface area contributed by atoms with Gasteiger partial charge in [0.1, 0.15) is 5.52 Å². The van der Waals surface area contributed by atoms with Gasteiger partial charge in [0.15, 0.2) is 5.58 Å². The van der Waals surface area contributed by atoms with Gasteiger partial charge in [-0.05, 0) is 30.9 Å². The molecule has 3 heteroatoms. The van der Waals surface area contributed by atoms with E-state index >= 15 is 0 Å². The maximum Gasteiger partial charge on any atom is 0.295 e. The van der Waals surface area contributed by atoms with Crippen molar-refractivity contribution in [1.82, 2.24) is 4.98 Å². The van der Waals surface area contributed by atoms with Gasteiger partial charge in [-0.2, -0.15) is 4.98 Å². The van der Waals surface area contributed by atoms with Gasteiger partial charge in [0.05, 0.1) is 0 Å². The van der Waals surface area contributed by atoms with Crippen LogP contribution < -0.4 is 5.32 Å². The van der Waals surface area contributed by atoms with Gasteiger partial charge in [-0.15, -0.1) is 0 Å². The molecule has 0 aliphatic heterocycles. The van der Waals surface area contributed by atoms with E-state index in [1.165, 1.54) is 19.3 Å². The molecule has 1 aliphatic carbocycles. The van der Waals surface area contributed by atoms with Crippen LogP contribution in [0, 0.1) is 5.92 Å². The Labute approximate surface area is 94.9 Å². The summed E-state index contributed by atoms with van der Waals surface area (Å²) in [6, 6.07) is 9.06. The first-order valence-electron chi connectivity index (χ1n) is 5.95. The van der Waals surface area contributed by atoms with Crippen LogP contribution in [0.3, 0.4) is 0 Å². The van der Waals surface area contributed by atoms with Crippen LogP contribution in [0.4, 0.5) is 6.01 Å². The van der Waals surface area contributed by atoms with E-state index in [9.17, 15) is 0 Å². The van der Waals surface area contributed by atoms with Gasteiger partial charge < -0.3 is 9.73 Å². The molecule has 0 bridgehead atoms. The average molecular weight is 216 g/mol. The van der Waals surface area contributed by atoms with Gasteiger partial charge in [0.2, 0.25) is 0 Å². The Hall–Kier alpha value is -1.51. The zero-order valence-corrected chi connectivity index (χ0v) is 9.44. The molecule has 1 aliphatic rings. The Morgan fingerprint density at radius 1 is 1.31 bits per heavy atom. The number of hydrogen-bond donors (Lipinski definition) is 1. The molecule has 0 radical (unpaired) electrons. The number of nitrogens with zero attached hydrogens (tertiary/aromatic N) is 1. The van der Waals surface area contributed by atoms with E-state index in [4.69, 9.17) is 4.42 Å². The number of nitrogens with one attached hydrogen (secondary N) is 1. The van der Waals surface area contributed by atoms with Crippen molar-refractivity contribution in [2.75, 3.05) is 5.32 Å². The van der Waals surface area contributed by atoms with Crippen molar-refractivity contribution < 1.29 is 4.42 Å². The molecule has 0 spiro atoms. The summed E-state index contributed by atoms with van der Waals surface area (Å²) >= 11 is 0. The van der Waals surface area contributed by atoms with Crippen LogP contribution >= 0.6 is 0 Å². The molecule has 1 aromatic heterocycles. The molecule has 2 unspecified atom stereocenters. The minimum atomic E-state index is 0.521. The molecule has 1 fully saturated rings. The van der Waals surface area contributed by atoms with Crippen molar-refractivity contribution in [2.45, 2.75) is 32.2 Å². The molecule has 2 aromatic rings. The van der Waals surface area contributed by atoms with Gasteiger partial charge >= 0.3 is 0 Å². The lowest BCUT2D eigenvalue weighted by Crippen LogP contribution is -2.21. The monoisotopic (exact) mass is 216 g/mol. The highest BCUT2D eigenvalue weighted by Gasteiger charge is 2.24. The molecular formula is C13H16N2O. The molecule has 0 saturated heterocycles. The van der Waals surface area contributed by atoms with E-state index in [-0.39, 0.29) is 0 Å². The average Bonchev–Trinajstić information content (AvgIpc) is 2.85. The van der Waals surface area contributed by atoms with Crippen molar-refractivity contribution in [3.05, 3.63) is 24.3 Å². The predicted octanol–water partition coefficient (Wildman–Crippen LogP) is 3.43. The number of hydrogen-bond acceptors (Lipinski definition) is 3. The Kier molecular flexibility index (Phi) is 2.31. The zero-order valence-electron chi connectivity index (χ0n) is 9.44. The van der Waals surface area contributed by atoms with Crippen molar-refractivity contribution in [3.63, 3.8) is 0 Å². The molecule has 2 atom stereocenters. The summed E-state index contributed by atoms with van der Waals surface area (Å²) in [6.07, 6.45) is 3.83. The lowest BCUT2D eigenvalue weighted by Gasteiger charge is -2.14. The molecule has 16 heavy (non-hydrogen) atoms. The van der Waals surface area contributed by atoms with E-state index in [0.29, 0.717) is 12.1 Å². The van der Waals surface area contributed by atoms with E-state index in [2.05, 4.69) is 17.2 Å². The highest BCUT2D eigenvalue weighted by atomic mass is 16.4. The number of rotatable bonds is 2. The third-order valence-electron chi connectivity index (χ3n) is 3.46. The van der Waals surface area contributed by atoms with Crippen LogP contribution in [-0.2, 0) is 0 Å². The fourth-order valence-electron chi connectivity index (χ4n) is 2.45. The van der Waals surface area contributed by atoms with E-state index in [1.807, 2.05) is 24.3 Å². The lowest BCUT2D eigenvalue weighted by molar-refractivity contribution is 0.526. The number of benzene rings is 1. The summed E-state index contributed by atoms with van der Waals surface area (Å²) in [5, 5.41) is 3.40. The summed E-state index contributed by atoms with van der Waals surface area (Å²) in [5.74, 6) is 0.718. The van der Waals surface area contributed by atoms with E-state index in [0.717, 1.165) is 17.0 Å². The van der Waals surface area contributed by atoms with Crippen LogP contribution in [0.15, 0.2) is 28.7 Å². The molecule has 1 heterocycles. The van der Waals surface area contributed by atoms with Crippen LogP contribution in [0.1, 0.15) is 26.2 Å². The molecule has 3 rings (SSSR count). The first-order chi connectivity index (χ1) is 7.83. The topological polar surface area (TPSA) is 38.1 Å². The van der Waals surface area contributed by atoms with Crippen LogP contribution in [0.5, 0.6) is 0 Å². The molecule has 1 aromatic carbocycles. The van der Waals surface area contributed by atoms with Gasteiger partial charge in [-0.3, -0.25) is 0 Å². The van der Waals surface area contributed by atoms with Gasteiger partial charge in [-0.25, -0.2) is 0 Å². The number of fused-ring (bicyclic) bond motifs is 1. The summed E-state index contributed by atoms with van der Waals surface area (Å²) in [4.78, 5) is 4.43. The second-order valence-corrected chi connectivity index (χ2v) is 4.65. The fourth-order valence-corrected chi connectivity index (χ4v) is 2.45. The first kappa shape index (κ1) is 9.70. The number of para-hydroxylation sites is 2. The Balaban J connectivity index is 1.83. The standard InChI is InChI=1S/C13H16N2O/c1-9-5-4-7-10(9)14-13-15-11-6-2-3-8-12(11)16-13/h2-3,6,8-10H,4-5,7H2,1H3,(H,14,15). The van der Waals surface area contributed by atoms with Crippen LogP contribution in [-0.4, -0.2) is 11.0 Å². The normalized spacial score (nSPS) is 25.1. The largest absolute Gasteiger partial charge is 0.424 e. The number of aromatic nitrogens is 1. The summed E-state index contributed by atoms with van der Waals surface area (Å²) in [5.41, 5.74) is 1.78. The highest BCUT2D eigenvalue weighted by Crippen LogP contribution is 2.28. The first-order valence-corrected chi connectivity index (χ1v) is 5.95. The quantitative estimate of drug-likeness (QED) is 0.835. The van der Waals surface area contributed by atoms with Crippen molar-refractivity contribution >= 4 is 17.1 Å². The minimum absolute atomic E-state index is 0.521. The molecule has 0 amide bonds. The van der Waals surface area contributed by atoms with Crippen molar-refractivity contribution in [1.29, 1.82) is 0 Å². The smallest absolute Gasteiger partial charge is 0.295 e. The third kappa shape index (κ3) is 1.66. The van der Waals surface area contributed by atoms with Crippen LogP contribution in [0.2, 0.25) is 0 Å². The van der Waals surface area contributed by atoms with E-state index < -0.39 is 0 Å². The van der Waals surface area contributed by atoms with Gasteiger partial charge in [0.25, 0.3) is 6.01 Å². The molecule has 3 nitrogen and oxygen atoms in total. The molecular weight excluding hydrogens is 200 g/mol. The number of anilines is 1. The fraction of sp³-hybridized carbons (Fsp3) is 0.462. The van der Waals surface area contributed by atoms with Gasteiger partial charge in [-0.1, -0.05) is 25.5 Å². The Morgan fingerprint density at radius 2 is 2.19 bits per heavy atom. The maximum absolute atomic E-state index is 5.66. The molecule has 1 N–H and O–H groups in total. The summed E-state index contributed by atoms with van der Waals surface area (Å²) in [6.45, 7) is 2.29. The number of oxazole rings is 1. The van der Waals surface area contributed by atoms with Gasteiger partial charge in [0, 0.05) is 6.04 Å². The Bertz CT molecular complexity index is 458. The van der Waals surface area contributed by atoms with Crippen molar-refractivity contribution in [2.24, 2.45) is 5.92 Å². The predicted molar refractivity (Wildman–Crippen MR) is 64.4 cm³/mol. The third-order valence-corrected chi connectivity index (χ3v) is 3.46.